The first kappa shape index (κ1) is 15.2. The van der Waals surface area contributed by atoms with Crippen molar-refractivity contribution in [3.63, 3.8) is 0 Å². The second-order valence-electron chi connectivity index (χ2n) is 9.00. The van der Waals surface area contributed by atoms with Crippen molar-refractivity contribution in [2.24, 2.45) is 34.4 Å². The van der Waals surface area contributed by atoms with Crippen molar-refractivity contribution in [2.45, 2.75) is 77.4 Å². The van der Waals surface area contributed by atoms with E-state index in [0.717, 1.165) is 30.6 Å². The van der Waals surface area contributed by atoms with Crippen molar-refractivity contribution in [3.05, 3.63) is 11.6 Å². The van der Waals surface area contributed by atoms with Gasteiger partial charge in [-0.25, -0.2) is 0 Å². The van der Waals surface area contributed by atoms with E-state index in [-0.39, 0.29) is 6.10 Å². The fourth-order valence-corrected chi connectivity index (χ4v) is 6.92. The zero-order valence-corrected chi connectivity index (χ0v) is 14.1. The van der Waals surface area contributed by atoms with Crippen LogP contribution in [0.3, 0.4) is 0 Å². The maximum atomic E-state index is 10.1. The van der Waals surface area contributed by atoms with E-state index >= 15 is 0 Å². The normalized spacial score (nSPS) is 54.2. The third-order valence-electron chi connectivity index (χ3n) is 8.28. The van der Waals surface area contributed by atoms with Gasteiger partial charge in [0, 0.05) is 6.04 Å². The Morgan fingerprint density at radius 2 is 1.95 bits per heavy atom. The molecule has 4 aliphatic carbocycles. The minimum Gasteiger partial charge on any atom is -0.393 e. The van der Waals surface area contributed by atoms with E-state index in [2.05, 4.69) is 25.3 Å². The van der Waals surface area contributed by atoms with Gasteiger partial charge in [0.15, 0.2) is 0 Å². The summed E-state index contributed by atoms with van der Waals surface area (Å²) in [5, 5.41) is 10.1. The molecular formula is C19H32N2O. The number of allylic oxidation sites excluding steroid dienone is 1. The number of aliphatic hydroxyl groups excluding tert-OH is 1. The Kier molecular flexibility index (Phi) is 3.49. The predicted molar refractivity (Wildman–Crippen MR) is 88.8 cm³/mol. The second kappa shape index (κ2) is 5.06. The highest BCUT2D eigenvalue weighted by Crippen LogP contribution is 2.64. The Labute approximate surface area is 134 Å². The van der Waals surface area contributed by atoms with Crippen molar-refractivity contribution in [3.8, 4) is 0 Å². The van der Waals surface area contributed by atoms with Gasteiger partial charge in [0.25, 0.3) is 0 Å². The SMILES string of the molecule is C[C@]12CCC(O)CC1=CC[C@@H]1[C@@H]2CC[C@]2(C)C(NN)CC[C@@H]12. The Morgan fingerprint density at radius 1 is 1.14 bits per heavy atom. The van der Waals surface area contributed by atoms with E-state index in [1.807, 2.05) is 0 Å². The van der Waals surface area contributed by atoms with Crippen LogP contribution >= 0.6 is 0 Å². The van der Waals surface area contributed by atoms with Crippen LogP contribution in [0, 0.1) is 28.6 Å². The fourth-order valence-electron chi connectivity index (χ4n) is 6.92. The van der Waals surface area contributed by atoms with E-state index in [1.54, 1.807) is 5.57 Å². The molecule has 0 aromatic carbocycles. The molecule has 0 spiro atoms. The van der Waals surface area contributed by atoms with Gasteiger partial charge in [-0.15, -0.1) is 0 Å². The van der Waals surface area contributed by atoms with Crippen molar-refractivity contribution in [1.29, 1.82) is 0 Å². The smallest absolute Gasteiger partial charge is 0.0577 e. The van der Waals surface area contributed by atoms with Crippen LogP contribution in [-0.4, -0.2) is 17.3 Å². The van der Waals surface area contributed by atoms with Gasteiger partial charge in [-0.3, -0.25) is 11.3 Å². The van der Waals surface area contributed by atoms with Crippen LogP contribution in [0.2, 0.25) is 0 Å². The van der Waals surface area contributed by atoms with E-state index in [9.17, 15) is 5.11 Å². The van der Waals surface area contributed by atoms with Gasteiger partial charge in [0.05, 0.1) is 6.10 Å². The number of hydrazine groups is 1. The van der Waals surface area contributed by atoms with Gasteiger partial charge in [0.1, 0.15) is 0 Å². The number of nitrogens with two attached hydrogens (primary N) is 1. The molecule has 3 saturated carbocycles. The zero-order chi connectivity index (χ0) is 15.5. The summed E-state index contributed by atoms with van der Waals surface area (Å²) in [7, 11) is 0. The lowest BCUT2D eigenvalue weighted by Crippen LogP contribution is -2.54. The molecule has 0 aliphatic heterocycles. The molecule has 22 heavy (non-hydrogen) atoms. The first-order valence-corrected chi connectivity index (χ1v) is 9.33. The van der Waals surface area contributed by atoms with Crippen LogP contribution in [0.1, 0.15) is 65.2 Å². The first-order valence-electron chi connectivity index (χ1n) is 9.33. The largest absolute Gasteiger partial charge is 0.393 e. The predicted octanol–water partition coefficient (Wildman–Crippen LogP) is 3.14. The average molecular weight is 304 g/mol. The molecule has 0 bridgehead atoms. The fraction of sp³-hybridized carbons (Fsp3) is 0.895. The molecule has 4 aliphatic rings. The number of aliphatic hydroxyl groups is 1. The van der Waals surface area contributed by atoms with E-state index in [0.29, 0.717) is 16.9 Å². The van der Waals surface area contributed by atoms with E-state index in [4.69, 9.17) is 5.84 Å². The van der Waals surface area contributed by atoms with Crippen LogP contribution in [0.5, 0.6) is 0 Å². The summed E-state index contributed by atoms with van der Waals surface area (Å²) in [6, 6.07) is 0.504. The highest BCUT2D eigenvalue weighted by atomic mass is 16.3. The highest BCUT2D eigenvalue weighted by molar-refractivity contribution is 5.25. The molecule has 0 radical (unpaired) electrons. The minimum absolute atomic E-state index is 0.0953. The molecule has 0 amide bonds. The topological polar surface area (TPSA) is 58.3 Å². The molecule has 0 saturated heterocycles. The average Bonchev–Trinajstić information content (AvgIpc) is 2.84. The molecule has 4 rings (SSSR count). The Morgan fingerprint density at radius 3 is 2.73 bits per heavy atom. The van der Waals surface area contributed by atoms with Crippen LogP contribution < -0.4 is 11.3 Å². The highest BCUT2D eigenvalue weighted by Gasteiger charge is 2.58. The standard InChI is InChI=1S/C19H32N2O/c1-18-9-7-13(22)11-12(18)3-4-14-15-5-6-17(21-20)19(15,2)10-8-16(14)18/h3,13-17,21-22H,4-11,20H2,1-2H3/t13?,14-,15-,16-,17?,18-,19-/m0/s1. The molecule has 0 aromatic rings. The zero-order valence-electron chi connectivity index (χ0n) is 14.1. The molecule has 124 valence electrons. The number of hydrogen-bond acceptors (Lipinski definition) is 3. The number of rotatable bonds is 1. The Bertz CT molecular complexity index is 490. The van der Waals surface area contributed by atoms with Gasteiger partial charge in [-0.1, -0.05) is 25.5 Å². The lowest BCUT2D eigenvalue weighted by Gasteiger charge is -2.58. The van der Waals surface area contributed by atoms with Gasteiger partial charge >= 0.3 is 0 Å². The molecule has 3 nitrogen and oxygen atoms in total. The van der Waals surface area contributed by atoms with Gasteiger partial charge in [-0.2, -0.15) is 0 Å². The van der Waals surface area contributed by atoms with Crippen LogP contribution in [0.25, 0.3) is 0 Å². The molecule has 0 heterocycles. The Hall–Kier alpha value is -0.380. The third kappa shape index (κ3) is 1.91. The summed E-state index contributed by atoms with van der Waals surface area (Å²) in [6.45, 7) is 4.98. The molecule has 0 aromatic heterocycles. The molecule has 4 N–H and O–H groups in total. The molecule has 2 unspecified atom stereocenters. The lowest BCUT2D eigenvalue weighted by atomic mass is 9.48. The quantitative estimate of drug-likeness (QED) is 0.396. The summed E-state index contributed by atoms with van der Waals surface area (Å²) in [5.74, 6) is 8.34. The number of fused-ring (bicyclic) bond motifs is 5. The summed E-state index contributed by atoms with van der Waals surface area (Å²) in [6.07, 6.45) is 12.0. The summed E-state index contributed by atoms with van der Waals surface area (Å²) < 4.78 is 0. The van der Waals surface area contributed by atoms with E-state index < -0.39 is 0 Å². The van der Waals surface area contributed by atoms with Gasteiger partial charge in [0.2, 0.25) is 0 Å². The first-order chi connectivity index (χ1) is 10.5. The molecule has 7 atom stereocenters. The van der Waals surface area contributed by atoms with Crippen LogP contribution in [0.4, 0.5) is 0 Å². The third-order valence-corrected chi connectivity index (χ3v) is 8.28. The number of hydrogen-bond donors (Lipinski definition) is 3. The minimum atomic E-state index is -0.0953. The van der Waals surface area contributed by atoms with Crippen molar-refractivity contribution in [1.82, 2.24) is 5.43 Å². The van der Waals surface area contributed by atoms with E-state index in [1.165, 1.54) is 38.5 Å². The molecular weight excluding hydrogens is 272 g/mol. The second-order valence-corrected chi connectivity index (χ2v) is 9.00. The van der Waals surface area contributed by atoms with Crippen LogP contribution in [0.15, 0.2) is 11.6 Å². The molecule has 3 heteroatoms. The Balaban J connectivity index is 1.66. The maximum Gasteiger partial charge on any atom is 0.0577 e. The summed E-state index contributed by atoms with van der Waals surface area (Å²) >= 11 is 0. The van der Waals surface area contributed by atoms with Crippen molar-refractivity contribution < 1.29 is 5.11 Å². The lowest BCUT2D eigenvalue weighted by molar-refractivity contribution is -0.0433. The summed E-state index contributed by atoms with van der Waals surface area (Å²) in [5.41, 5.74) is 5.45. The maximum absolute atomic E-state index is 10.1. The van der Waals surface area contributed by atoms with Gasteiger partial charge in [-0.05, 0) is 80.0 Å². The van der Waals surface area contributed by atoms with Crippen LogP contribution in [-0.2, 0) is 0 Å². The van der Waals surface area contributed by atoms with Crippen molar-refractivity contribution >= 4 is 0 Å². The monoisotopic (exact) mass is 304 g/mol. The molecule has 3 fully saturated rings. The number of nitrogens with one attached hydrogen (secondary N) is 1. The van der Waals surface area contributed by atoms with Gasteiger partial charge < -0.3 is 5.11 Å². The van der Waals surface area contributed by atoms with Crippen molar-refractivity contribution in [2.75, 3.05) is 0 Å². The summed E-state index contributed by atoms with van der Waals surface area (Å²) in [4.78, 5) is 0.